The number of hydrogen-bond donors (Lipinski definition) is 1. The Balaban J connectivity index is 2.42. The minimum atomic E-state index is -0.863. The Morgan fingerprint density at radius 3 is 2.71 bits per heavy atom. The Labute approximate surface area is 84.2 Å². The minimum Gasteiger partial charge on any atom is -0.466 e. The Kier molecular flexibility index (Phi) is 2.04. The fourth-order valence-electron chi connectivity index (χ4n) is 2.49. The molecule has 3 unspecified atom stereocenters. The van der Waals surface area contributed by atoms with Crippen LogP contribution in [0.1, 0.15) is 26.5 Å². The van der Waals surface area contributed by atoms with E-state index in [1.165, 1.54) is 0 Å². The minimum absolute atomic E-state index is 0.222. The molecule has 0 aromatic carbocycles. The molecular formula is C12H16O2. The molecule has 0 saturated heterocycles. The zero-order chi connectivity index (χ0) is 10.3. The molecule has 0 spiro atoms. The van der Waals surface area contributed by atoms with Gasteiger partial charge in [0, 0.05) is 5.92 Å². The summed E-state index contributed by atoms with van der Waals surface area (Å²) in [7, 11) is 0. The molecule has 1 heterocycles. The molecule has 2 rings (SSSR count). The number of allylic oxidation sites excluding steroid dienone is 1. The van der Waals surface area contributed by atoms with Crippen molar-refractivity contribution in [3.05, 3.63) is 35.8 Å². The summed E-state index contributed by atoms with van der Waals surface area (Å²) in [6.45, 7) is 6.16. The van der Waals surface area contributed by atoms with Gasteiger partial charge < -0.3 is 9.52 Å². The van der Waals surface area contributed by atoms with E-state index in [0.717, 1.165) is 5.57 Å². The maximum absolute atomic E-state index is 10.5. The predicted molar refractivity (Wildman–Crippen MR) is 54.7 cm³/mol. The normalized spacial score (nSPS) is 39.9. The van der Waals surface area contributed by atoms with Crippen LogP contribution >= 0.6 is 0 Å². The second-order valence-electron chi connectivity index (χ2n) is 4.07. The third kappa shape index (κ3) is 0.947. The highest BCUT2D eigenvalue weighted by Crippen LogP contribution is 2.54. The van der Waals surface area contributed by atoms with Crippen molar-refractivity contribution in [1.82, 2.24) is 0 Å². The Morgan fingerprint density at radius 2 is 2.21 bits per heavy atom. The molecule has 1 aliphatic carbocycles. The predicted octanol–water partition coefficient (Wildman–Crippen LogP) is 2.70. The molecule has 1 N–H and O–H groups in total. The molecular weight excluding hydrogens is 176 g/mol. The lowest BCUT2D eigenvalue weighted by atomic mass is 9.58. The Morgan fingerprint density at radius 1 is 1.50 bits per heavy atom. The van der Waals surface area contributed by atoms with Gasteiger partial charge in [0.25, 0.3) is 0 Å². The van der Waals surface area contributed by atoms with Gasteiger partial charge in [-0.05, 0) is 30.5 Å². The number of furan rings is 1. The van der Waals surface area contributed by atoms with E-state index in [1.807, 2.05) is 25.1 Å². The van der Waals surface area contributed by atoms with Crippen molar-refractivity contribution < 1.29 is 9.52 Å². The van der Waals surface area contributed by atoms with Crippen molar-refractivity contribution >= 4 is 0 Å². The summed E-state index contributed by atoms with van der Waals surface area (Å²) in [5.74, 6) is 1.33. The first-order valence-electron chi connectivity index (χ1n) is 5.05. The third-order valence-electron chi connectivity index (χ3n) is 3.55. The maximum atomic E-state index is 10.5. The van der Waals surface area contributed by atoms with Crippen molar-refractivity contribution in [2.75, 3.05) is 0 Å². The molecule has 0 aliphatic heterocycles. The lowest BCUT2D eigenvalue weighted by Gasteiger charge is -2.50. The monoisotopic (exact) mass is 192 g/mol. The van der Waals surface area contributed by atoms with Crippen LogP contribution in [0.25, 0.3) is 0 Å². The van der Waals surface area contributed by atoms with Crippen molar-refractivity contribution in [2.24, 2.45) is 11.8 Å². The fourth-order valence-corrected chi connectivity index (χ4v) is 2.49. The van der Waals surface area contributed by atoms with Gasteiger partial charge in [-0.15, -0.1) is 0 Å². The van der Waals surface area contributed by atoms with E-state index < -0.39 is 5.60 Å². The van der Waals surface area contributed by atoms with Gasteiger partial charge in [-0.2, -0.15) is 0 Å². The molecule has 1 fully saturated rings. The fraction of sp³-hybridized carbons (Fsp3) is 0.500. The van der Waals surface area contributed by atoms with E-state index >= 15 is 0 Å². The van der Waals surface area contributed by atoms with Crippen LogP contribution in [0.3, 0.4) is 0 Å². The van der Waals surface area contributed by atoms with Crippen LogP contribution < -0.4 is 0 Å². The van der Waals surface area contributed by atoms with Crippen LogP contribution in [-0.4, -0.2) is 5.11 Å². The van der Waals surface area contributed by atoms with Gasteiger partial charge in [0.2, 0.25) is 0 Å². The van der Waals surface area contributed by atoms with Gasteiger partial charge >= 0.3 is 0 Å². The standard InChI is InChI=1S/C12H16O2/c1-4-10-8(2)9(3)12(10,13)11-6-5-7-14-11/h4-9,13H,1-3H3. The molecule has 1 saturated carbocycles. The van der Waals surface area contributed by atoms with E-state index in [0.29, 0.717) is 11.7 Å². The molecule has 0 amide bonds. The summed E-state index contributed by atoms with van der Waals surface area (Å²) in [5.41, 5.74) is 0.206. The molecule has 1 aromatic rings. The lowest BCUT2D eigenvalue weighted by molar-refractivity contribution is -0.0805. The summed E-state index contributed by atoms with van der Waals surface area (Å²) in [6.07, 6.45) is 3.60. The van der Waals surface area contributed by atoms with E-state index in [2.05, 4.69) is 13.8 Å². The van der Waals surface area contributed by atoms with Crippen molar-refractivity contribution in [1.29, 1.82) is 0 Å². The topological polar surface area (TPSA) is 33.4 Å². The summed E-state index contributed by atoms with van der Waals surface area (Å²) in [5, 5.41) is 10.5. The largest absolute Gasteiger partial charge is 0.466 e. The zero-order valence-electron chi connectivity index (χ0n) is 8.82. The number of rotatable bonds is 1. The molecule has 1 aliphatic rings. The molecule has 3 atom stereocenters. The van der Waals surface area contributed by atoms with Gasteiger partial charge in [-0.1, -0.05) is 19.9 Å². The van der Waals surface area contributed by atoms with Crippen LogP contribution in [0.5, 0.6) is 0 Å². The first kappa shape index (κ1) is 9.53. The van der Waals surface area contributed by atoms with Gasteiger partial charge in [0.05, 0.1) is 6.26 Å². The molecule has 0 bridgehead atoms. The zero-order valence-corrected chi connectivity index (χ0v) is 8.82. The molecule has 2 nitrogen and oxygen atoms in total. The van der Waals surface area contributed by atoms with Crippen LogP contribution in [0.2, 0.25) is 0 Å². The van der Waals surface area contributed by atoms with Gasteiger partial charge in [-0.3, -0.25) is 0 Å². The lowest BCUT2D eigenvalue weighted by Crippen LogP contribution is -2.51. The highest BCUT2D eigenvalue weighted by atomic mass is 16.4. The first-order chi connectivity index (χ1) is 6.62. The molecule has 14 heavy (non-hydrogen) atoms. The first-order valence-corrected chi connectivity index (χ1v) is 5.05. The van der Waals surface area contributed by atoms with Crippen LogP contribution in [0.4, 0.5) is 0 Å². The van der Waals surface area contributed by atoms with E-state index in [1.54, 1.807) is 6.26 Å². The number of hydrogen-bond acceptors (Lipinski definition) is 2. The highest BCUT2D eigenvalue weighted by Gasteiger charge is 2.55. The van der Waals surface area contributed by atoms with Crippen LogP contribution in [-0.2, 0) is 5.60 Å². The quantitative estimate of drug-likeness (QED) is 0.694. The molecule has 2 heteroatoms. The summed E-state index contributed by atoms with van der Waals surface area (Å²) >= 11 is 0. The average molecular weight is 192 g/mol. The van der Waals surface area contributed by atoms with E-state index in [-0.39, 0.29) is 5.92 Å². The van der Waals surface area contributed by atoms with E-state index in [4.69, 9.17) is 4.42 Å². The molecule has 0 radical (unpaired) electrons. The van der Waals surface area contributed by atoms with Gasteiger partial charge in [0.1, 0.15) is 11.4 Å². The van der Waals surface area contributed by atoms with Crippen LogP contribution in [0.15, 0.2) is 34.5 Å². The van der Waals surface area contributed by atoms with Gasteiger partial charge in [0.15, 0.2) is 0 Å². The highest BCUT2D eigenvalue weighted by molar-refractivity contribution is 5.37. The van der Waals surface area contributed by atoms with Crippen LogP contribution in [0, 0.1) is 11.8 Å². The second kappa shape index (κ2) is 2.99. The second-order valence-corrected chi connectivity index (χ2v) is 4.07. The third-order valence-corrected chi connectivity index (χ3v) is 3.55. The molecule has 1 aromatic heterocycles. The number of aliphatic hydroxyl groups is 1. The van der Waals surface area contributed by atoms with Crippen molar-refractivity contribution in [3.63, 3.8) is 0 Å². The smallest absolute Gasteiger partial charge is 0.146 e. The molecule has 76 valence electrons. The average Bonchev–Trinajstić information content (AvgIpc) is 2.70. The SMILES string of the molecule is CC=C1C(C)C(C)C1(O)c1ccco1. The Hall–Kier alpha value is -1.02. The maximum Gasteiger partial charge on any atom is 0.146 e. The summed E-state index contributed by atoms with van der Waals surface area (Å²) in [6, 6.07) is 3.65. The Bertz CT molecular complexity index is 350. The van der Waals surface area contributed by atoms with E-state index in [9.17, 15) is 5.11 Å². The summed E-state index contributed by atoms with van der Waals surface area (Å²) in [4.78, 5) is 0. The van der Waals surface area contributed by atoms with Crippen molar-refractivity contribution in [3.8, 4) is 0 Å². The summed E-state index contributed by atoms with van der Waals surface area (Å²) < 4.78 is 5.30. The van der Waals surface area contributed by atoms with Crippen molar-refractivity contribution in [2.45, 2.75) is 26.4 Å². The van der Waals surface area contributed by atoms with Gasteiger partial charge in [-0.25, -0.2) is 0 Å².